The van der Waals surface area contributed by atoms with E-state index in [0.717, 1.165) is 5.75 Å². The molecule has 11 heavy (non-hydrogen) atoms. The van der Waals surface area contributed by atoms with Crippen molar-refractivity contribution < 1.29 is 0 Å². The van der Waals surface area contributed by atoms with E-state index in [1.54, 1.807) is 11.8 Å². The minimum Gasteiger partial charge on any atom is -0.276 e. The van der Waals surface area contributed by atoms with Gasteiger partial charge >= 0.3 is 0 Å². The van der Waals surface area contributed by atoms with Crippen LogP contribution in [0.4, 0.5) is 0 Å². The summed E-state index contributed by atoms with van der Waals surface area (Å²) in [5, 5.41) is 1.17. The van der Waals surface area contributed by atoms with E-state index in [-0.39, 0.29) is 0 Å². The van der Waals surface area contributed by atoms with Gasteiger partial charge in [-0.1, -0.05) is 24.3 Å². The quantitative estimate of drug-likeness (QED) is 0.540. The predicted molar refractivity (Wildman–Crippen MR) is 53.3 cm³/mol. The summed E-state index contributed by atoms with van der Waals surface area (Å²) in [5.41, 5.74) is 0. The van der Waals surface area contributed by atoms with Gasteiger partial charge in [-0.3, -0.25) is 4.99 Å². The number of hydrogen-bond acceptors (Lipinski definition) is 2. The lowest BCUT2D eigenvalue weighted by Gasteiger charge is -2.00. The van der Waals surface area contributed by atoms with Crippen molar-refractivity contribution in [1.82, 2.24) is 0 Å². The maximum absolute atomic E-state index is 4.45. The normalized spacial score (nSPS) is 31.1. The summed E-state index contributed by atoms with van der Waals surface area (Å²) in [4.78, 5) is 4.45. The van der Waals surface area contributed by atoms with Crippen LogP contribution in [0.3, 0.4) is 0 Å². The summed E-state index contributed by atoms with van der Waals surface area (Å²) >= 11 is 1.79. The van der Waals surface area contributed by atoms with Crippen molar-refractivity contribution in [3.8, 4) is 0 Å². The molecule has 0 aromatic carbocycles. The Morgan fingerprint density at radius 2 is 2.36 bits per heavy atom. The van der Waals surface area contributed by atoms with E-state index in [2.05, 4.69) is 43.1 Å². The van der Waals surface area contributed by atoms with Gasteiger partial charge in [-0.2, -0.15) is 0 Å². The maximum atomic E-state index is 4.45. The van der Waals surface area contributed by atoms with Crippen LogP contribution in [0.25, 0.3) is 0 Å². The first kappa shape index (κ1) is 8.60. The zero-order chi connectivity index (χ0) is 8.10. The van der Waals surface area contributed by atoms with E-state index in [1.165, 1.54) is 5.04 Å². The SMILES string of the molecule is CC1=NC(C)/C=C\C=C/CS1. The lowest BCUT2D eigenvalue weighted by atomic mass is 10.3. The minimum absolute atomic E-state index is 0.324. The molecule has 0 aliphatic carbocycles. The molecule has 0 fully saturated rings. The van der Waals surface area contributed by atoms with Crippen LogP contribution in [0.1, 0.15) is 13.8 Å². The smallest absolute Gasteiger partial charge is 0.0664 e. The van der Waals surface area contributed by atoms with E-state index in [4.69, 9.17) is 0 Å². The molecule has 1 heterocycles. The van der Waals surface area contributed by atoms with Crippen molar-refractivity contribution >= 4 is 16.8 Å². The Morgan fingerprint density at radius 1 is 1.55 bits per heavy atom. The van der Waals surface area contributed by atoms with Crippen molar-refractivity contribution in [3.63, 3.8) is 0 Å². The molecule has 0 saturated heterocycles. The monoisotopic (exact) mass is 167 g/mol. The number of hydrogen-bond donors (Lipinski definition) is 0. The van der Waals surface area contributed by atoms with Gasteiger partial charge in [0.2, 0.25) is 0 Å². The highest BCUT2D eigenvalue weighted by Gasteiger charge is 1.95. The molecule has 1 nitrogen and oxygen atoms in total. The van der Waals surface area contributed by atoms with Crippen molar-refractivity contribution in [1.29, 1.82) is 0 Å². The molecule has 0 aromatic heterocycles. The number of aliphatic imine (C=N–C) groups is 1. The molecule has 0 bridgehead atoms. The fraction of sp³-hybridized carbons (Fsp3) is 0.444. The van der Waals surface area contributed by atoms with Crippen molar-refractivity contribution in [2.75, 3.05) is 5.75 Å². The largest absolute Gasteiger partial charge is 0.276 e. The molecule has 0 amide bonds. The number of thioether (sulfide) groups is 1. The zero-order valence-corrected chi connectivity index (χ0v) is 7.77. The highest BCUT2D eigenvalue weighted by molar-refractivity contribution is 8.14. The molecule has 1 unspecified atom stereocenters. The summed E-state index contributed by atoms with van der Waals surface area (Å²) in [7, 11) is 0. The molecule has 60 valence electrons. The standard InChI is InChI=1S/C9H13NS/c1-8-6-4-3-5-7-11-9(2)10-8/h3-6,8H,7H2,1-2H3/b5-3-,6-4-,10-9?. The minimum atomic E-state index is 0.324. The summed E-state index contributed by atoms with van der Waals surface area (Å²) < 4.78 is 0. The van der Waals surface area contributed by atoms with Gasteiger partial charge in [0.15, 0.2) is 0 Å². The number of rotatable bonds is 0. The first-order valence-electron chi connectivity index (χ1n) is 3.79. The van der Waals surface area contributed by atoms with Gasteiger partial charge in [0.25, 0.3) is 0 Å². The van der Waals surface area contributed by atoms with Crippen LogP contribution in [0.5, 0.6) is 0 Å². The summed E-state index contributed by atoms with van der Waals surface area (Å²) in [6, 6.07) is 0.324. The second kappa shape index (κ2) is 4.39. The van der Waals surface area contributed by atoms with Crippen LogP contribution in [0.15, 0.2) is 29.3 Å². The van der Waals surface area contributed by atoms with Crippen LogP contribution in [-0.4, -0.2) is 16.8 Å². The Labute approximate surface area is 72.3 Å². The van der Waals surface area contributed by atoms with E-state index in [0.29, 0.717) is 6.04 Å². The molecule has 0 radical (unpaired) electrons. The van der Waals surface area contributed by atoms with Gasteiger partial charge in [-0.05, 0) is 13.8 Å². The third-order valence-corrected chi connectivity index (χ3v) is 2.29. The van der Waals surface area contributed by atoms with Crippen LogP contribution >= 0.6 is 11.8 Å². The average molecular weight is 167 g/mol. The Morgan fingerprint density at radius 3 is 3.18 bits per heavy atom. The second-order valence-electron chi connectivity index (χ2n) is 2.51. The Hall–Kier alpha value is -0.500. The molecule has 0 N–H and O–H groups in total. The fourth-order valence-corrected chi connectivity index (χ4v) is 1.58. The highest BCUT2D eigenvalue weighted by Crippen LogP contribution is 2.08. The van der Waals surface area contributed by atoms with E-state index < -0.39 is 0 Å². The number of allylic oxidation sites excluding steroid dienone is 2. The maximum Gasteiger partial charge on any atom is 0.0664 e. The van der Waals surface area contributed by atoms with Crippen LogP contribution in [-0.2, 0) is 0 Å². The third-order valence-electron chi connectivity index (χ3n) is 1.41. The third kappa shape index (κ3) is 3.42. The first-order chi connectivity index (χ1) is 5.29. The van der Waals surface area contributed by atoms with Gasteiger partial charge in [-0.15, -0.1) is 11.8 Å². The van der Waals surface area contributed by atoms with Crippen LogP contribution in [0.2, 0.25) is 0 Å². The fourth-order valence-electron chi connectivity index (χ4n) is 0.895. The molecule has 1 aliphatic rings. The lowest BCUT2D eigenvalue weighted by Crippen LogP contribution is -1.95. The molecule has 2 heteroatoms. The van der Waals surface area contributed by atoms with Gasteiger partial charge in [-0.25, -0.2) is 0 Å². The van der Waals surface area contributed by atoms with E-state index >= 15 is 0 Å². The van der Waals surface area contributed by atoms with Crippen LogP contribution in [0, 0.1) is 0 Å². The van der Waals surface area contributed by atoms with Crippen molar-refractivity contribution in [2.24, 2.45) is 4.99 Å². The Kier molecular flexibility index (Phi) is 3.43. The lowest BCUT2D eigenvalue weighted by molar-refractivity contribution is 0.930. The van der Waals surface area contributed by atoms with Gasteiger partial charge < -0.3 is 0 Å². The molecule has 0 aromatic rings. The zero-order valence-electron chi connectivity index (χ0n) is 6.95. The topological polar surface area (TPSA) is 12.4 Å². The molecule has 1 rings (SSSR count). The average Bonchev–Trinajstić information content (AvgIpc) is 2.02. The van der Waals surface area contributed by atoms with Crippen molar-refractivity contribution in [2.45, 2.75) is 19.9 Å². The van der Waals surface area contributed by atoms with Crippen molar-refractivity contribution in [3.05, 3.63) is 24.3 Å². The first-order valence-corrected chi connectivity index (χ1v) is 4.78. The number of nitrogens with zero attached hydrogens (tertiary/aromatic N) is 1. The molecular weight excluding hydrogens is 154 g/mol. The molecular formula is C9H13NS. The molecule has 0 spiro atoms. The van der Waals surface area contributed by atoms with Gasteiger partial charge in [0, 0.05) is 5.75 Å². The molecule has 1 aliphatic heterocycles. The van der Waals surface area contributed by atoms with Crippen LogP contribution < -0.4 is 0 Å². The Bertz CT molecular complexity index is 204. The molecule has 1 atom stereocenters. The van der Waals surface area contributed by atoms with Gasteiger partial charge in [0.05, 0.1) is 11.1 Å². The summed E-state index contributed by atoms with van der Waals surface area (Å²) in [5.74, 6) is 1.03. The summed E-state index contributed by atoms with van der Waals surface area (Å²) in [6.45, 7) is 4.16. The Balaban J connectivity index is 2.68. The second-order valence-corrected chi connectivity index (χ2v) is 3.73. The van der Waals surface area contributed by atoms with E-state index in [1.807, 2.05) is 0 Å². The molecule has 0 saturated carbocycles. The summed E-state index contributed by atoms with van der Waals surface area (Å²) in [6.07, 6.45) is 8.40. The predicted octanol–water partition coefficient (Wildman–Crippen LogP) is 2.65. The van der Waals surface area contributed by atoms with E-state index in [9.17, 15) is 0 Å². The van der Waals surface area contributed by atoms with Gasteiger partial charge in [0.1, 0.15) is 0 Å². The highest BCUT2D eigenvalue weighted by atomic mass is 32.2.